The maximum atomic E-state index is 12.7. The Bertz CT molecular complexity index is 953. The minimum Gasteiger partial charge on any atom is -0.508 e. The average molecular weight is 384 g/mol. The number of carbonyl (C=O) groups excluding carboxylic acids is 2. The van der Waals surface area contributed by atoms with Gasteiger partial charge in [-0.3, -0.25) is 15.1 Å². The number of aromatic hydroxyl groups is 2. The normalized spacial score (nSPS) is 15.4. The number of ether oxygens (including phenoxy) is 1. The highest BCUT2D eigenvalue weighted by molar-refractivity contribution is 8.19. The summed E-state index contributed by atoms with van der Waals surface area (Å²) >= 11 is 0.959. The van der Waals surface area contributed by atoms with Crippen molar-refractivity contribution >= 4 is 40.6 Å². The fourth-order valence-corrected chi connectivity index (χ4v) is 3.33. The lowest BCUT2D eigenvalue weighted by atomic mass is 10.1. The Kier molecular flexibility index (Phi) is 5.18. The number of nitrogens with zero attached hydrogens (tertiary/aromatic N) is 1. The molecular weight excluding hydrogens is 368 g/mol. The first-order chi connectivity index (χ1) is 12.9. The van der Waals surface area contributed by atoms with Gasteiger partial charge in [0.05, 0.1) is 22.8 Å². The summed E-state index contributed by atoms with van der Waals surface area (Å²) in [5.41, 5.74) is 1.16. The van der Waals surface area contributed by atoms with Crippen molar-refractivity contribution in [3.63, 3.8) is 0 Å². The number of amides is 1. The topological polar surface area (TPSA) is 111 Å². The van der Waals surface area contributed by atoms with Crippen LogP contribution in [0.3, 0.4) is 0 Å². The molecule has 1 aliphatic heterocycles. The molecule has 27 heavy (non-hydrogen) atoms. The third-order valence-electron chi connectivity index (χ3n) is 3.76. The van der Waals surface area contributed by atoms with E-state index in [1.165, 1.54) is 41.3 Å². The summed E-state index contributed by atoms with van der Waals surface area (Å²) in [6, 6.07) is 10.3. The molecule has 1 amide bonds. The maximum Gasteiger partial charge on any atom is 0.338 e. The Balaban J connectivity index is 1.86. The molecule has 2 aromatic rings. The maximum absolute atomic E-state index is 12.7. The van der Waals surface area contributed by atoms with E-state index < -0.39 is 11.9 Å². The van der Waals surface area contributed by atoms with Gasteiger partial charge < -0.3 is 14.9 Å². The van der Waals surface area contributed by atoms with Crippen LogP contribution < -0.4 is 4.90 Å². The molecule has 0 atom stereocenters. The zero-order valence-electron chi connectivity index (χ0n) is 14.3. The van der Waals surface area contributed by atoms with Gasteiger partial charge in [0.15, 0.2) is 5.17 Å². The zero-order valence-corrected chi connectivity index (χ0v) is 15.1. The van der Waals surface area contributed by atoms with Crippen molar-refractivity contribution in [1.29, 1.82) is 5.41 Å². The second-order valence-electron chi connectivity index (χ2n) is 5.57. The van der Waals surface area contributed by atoms with Gasteiger partial charge in [-0.05, 0) is 61.2 Å². The molecule has 7 nitrogen and oxygen atoms in total. The molecule has 138 valence electrons. The van der Waals surface area contributed by atoms with Crippen molar-refractivity contribution in [2.75, 3.05) is 11.5 Å². The molecular formula is C19H16N2O5S. The molecule has 1 heterocycles. The summed E-state index contributed by atoms with van der Waals surface area (Å²) in [5.74, 6) is -1.12. The SMILES string of the molecule is CCOC(=O)c1ccc(N2C(=N)S/C(=C\c3ccc(O)cc3O)C2=O)cc1. The molecule has 0 bridgehead atoms. The van der Waals surface area contributed by atoms with Gasteiger partial charge in [0.2, 0.25) is 0 Å². The largest absolute Gasteiger partial charge is 0.508 e. The number of rotatable bonds is 4. The number of benzene rings is 2. The number of phenolic OH excluding ortho intramolecular Hbond substituents is 2. The van der Waals surface area contributed by atoms with Crippen LogP contribution in [0.4, 0.5) is 5.69 Å². The van der Waals surface area contributed by atoms with Crippen molar-refractivity contribution in [2.24, 2.45) is 0 Å². The van der Waals surface area contributed by atoms with Crippen molar-refractivity contribution in [3.05, 3.63) is 58.5 Å². The predicted octanol–water partition coefficient (Wildman–Crippen LogP) is 3.33. The van der Waals surface area contributed by atoms with Gasteiger partial charge in [-0.2, -0.15) is 0 Å². The molecule has 1 aliphatic rings. The summed E-state index contributed by atoms with van der Waals surface area (Å²) in [6.45, 7) is 1.98. The number of carbonyl (C=O) groups is 2. The van der Waals surface area contributed by atoms with Crippen molar-refractivity contribution in [2.45, 2.75) is 6.92 Å². The summed E-state index contributed by atoms with van der Waals surface area (Å²) in [4.78, 5) is 25.9. The van der Waals surface area contributed by atoms with Crippen LogP contribution in [0.15, 0.2) is 47.4 Å². The van der Waals surface area contributed by atoms with Crippen LogP contribution in [0, 0.1) is 5.41 Å². The molecule has 1 fully saturated rings. The second kappa shape index (κ2) is 7.55. The number of hydrogen-bond donors (Lipinski definition) is 3. The number of esters is 1. The number of amidine groups is 1. The van der Waals surface area contributed by atoms with Gasteiger partial charge in [-0.25, -0.2) is 4.79 Å². The number of thioether (sulfide) groups is 1. The van der Waals surface area contributed by atoms with Gasteiger partial charge >= 0.3 is 5.97 Å². The fourth-order valence-electron chi connectivity index (χ4n) is 2.48. The van der Waals surface area contributed by atoms with Crippen molar-refractivity contribution < 1.29 is 24.5 Å². The van der Waals surface area contributed by atoms with Crippen LogP contribution in [0.25, 0.3) is 6.08 Å². The molecule has 3 N–H and O–H groups in total. The van der Waals surface area contributed by atoms with E-state index in [4.69, 9.17) is 10.1 Å². The smallest absolute Gasteiger partial charge is 0.338 e. The predicted molar refractivity (Wildman–Crippen MR) is 103 cm³/mol. The summed E-state index contributed by atoms with van der Waals surface area (Å²) in [6.07, 6.45) is 1.46. The van der Waals surface area contributed by atoms with Crippen LogP contribution in [0.5, 0.6) is 11.5 Å². The van der Waals surface area contributed by atoms with E-state index in [2.05, 4.69) is 0 Å². The molecule has 0 unspecified atom stereocenters. The highest BCUT2D eigenvalue weighted by Gasteiger charge is 2.33. The molecule has 1 saturated heterocycles. The molecule has 0 saturated carbocycles. The van der Waals surface area contributed by atoms with Gasteiger partial charge in [-0.1, -0.05) is 0 Å². The molecule has 3 rings (SSSR count). The molecule has 2 aromatic carbocycles. The first-order valence-electron chi connectivity index (χ1n) is 8.02. The van der Waals surface area contributed by atoms with Gasteiger partial charge in [0.1, 0.15) is 11.5 Å². The first-order valence-corrected chi connectivity index (χ1v) is 8.84. The van der Waals surface area contributed by atoms with Gasteiger partial charge in [0.25, 0.3) is 5.91 Å². The minimum absolute atomic E-state index is 0.00778. The van der Waals surface area contributed by atoms with E-state index >= 15 is 0 Å². The van der Waals surface area contributed by atoms with Gasteiger partial charge in [-0.15, -0.1) is 0 Å². The lowest BCUT2D eigenvalue weighted by Crippen LogP contribution is -2.28. The number of hydrogen-bond acceptors (Lipinski definition) is 7. The standard InChI is InChI=1S/C19H16N2O5S/c1-2-26-18(25)11-3-6-13(7-4-11)21-17(24)16(27-19(21)20)9-12-5-8-14(22)10-15(12)23/h3-10,20,22-23H,2H2,1H3/b16-9-,20-19?. The third kappa shape index (κ3) is 3.80. The Labute approximate surface area is 159 Å². The first kappa shape index (κ1) is 18.5. The number of phenols is 2. The van der Waals surface area contributed by atoms with Crippen LogP contribution in [-0.4, -0.2) is 33.9 Å². The molecule has 0 radical (unpaired) electrons. The molecule has 0 aromatic heterocycles. The highest BCUT2D eigenvalue weighted by atomic mass is 32.2. The number of nitrogens with one attached hydrogen (secondary N) is 1. The summed E-state index contributed by atoms with van der Waals surface area (Å²) < 4.78 is 4.92. The quantitative estimate of drug-likeness (QED) is 0.551. The van der Waals surface area contributed by atoms with Gasteiger partial charge in [0, 0.05) is 11.6 Å². The fraction of sp³-hybridized carbons (Fsp3) is 0.105. The third-order valence-corrected chi connectivity index (χ3v) is 4.65. The Morgan fingerprint density at radius 1 is 1.22 bits per heavy atom. The van der Waals surface area contributed by atoms with E-state index in [1.807, 2.05) is 0 Å². The zero-order chi connectivity index (χ0) is 19.6. The van der Waals surface area contributed by atoms with E-state index in [-0.39, 0.29) is 28.2 Å². The lowest BCUT2D eigenvalue weighted by Gasteiger charge is -2.14. The van der Waals surface area contributed by atoms with Crippen molar-refractivity contribution in [3.8, 4) is 11.5 Å². The molecule has 0 aliphatic carbocycles. The highest BCUT2D eigenvalue weighted by Crippen LogP contribution is 2.36. The second-order valence-corrected chi connectivity index (χ2v) is 6.60. The number of anilines is 1. The summed E-state index contributed by atoms with van der Waals surface area (Å²) in [7, 11) is 0. The van der Waals surface area contributed by atoms with E-state index in [1.54, 1.807) is 19.1 Å². The minimum atomic E-state index is -0.454. The van der Waals surface area contributed by atoms with E-state index in [0.717, 1.165) is 11.8 Å². The van der Waals surface area contributed by atoms with Crippen LogP contribution in [0.2, 0.25) is 0 Å². The Hall–Kier alpha value is -3.26. The Morgan fingerprint density at radius 2 is 1.93 bits per heavy atom. The molecule has 0 spiro atoms. The monoisotopic (exact) mass is 384 g/mol. The van der Waals surface area contributed by atoms with Crippen molar-refractivity contribution in [1.82, 2.24) is 0 Å². The summed E-state index contributed by atoms with van der Waals surface area (Å²) in [5, 5.41) is 27.3. The Morgan fingerprint density at radius 3 is 2.56 bits per heavy atom. The van der Waals surface area contributed by atoms with E-state index in [0.29, 0.717) is 16.8 Å². The van der Waals surface area contributed by atoms with E-state index in [9.17, 15) is 19.8 Å². The van der Waals surface area contributed by atoms with Crippen LogP contribution >= 0.6 is 11.8 Å². The lowest BCUT2D eigenvalue weighted by molar-refractivity contribution is -0.113. The molecule has 8 heteroatoms. The van der Waals surface area contributed by atoms with Crippen LogP contribution in [-0.2, 0) is 9.53 Å². The van der Waals surface area contributed by atoms with Crippen LogP contribution in [0.1, 0.15) is 22.8 Å². The average Bonchev–Trinajstić information content (AvgIpc) is 2.91.